The fraction of sp³-hybridized carbons (Fsp3) is 0.588. The molecule has 0 aliphatic heterocycles. The van der Waals surface area contributed by atoms with Gasteiger partial charge in [0.1, 0.15) is 0 Å². The highest BCUT2D eigenvalue weighted by molar-refractivity contribution is 5.66. The first kappa shape index (κ1) is 15.7. The lowest BCUT2D eigenvalue weighted by Gasteiger charge is -2.06. The molecule has 0 aliphatic carbocycles. The summed E-state index contributed by atoms with van der Waals surface area (Å²) in [5.41, 5.74) is 2.78. The summed E-state index contributed by atoms with van der Waals surface area (Å²) in [5.74, 6) is 0.0726. The molecule has 0 spiro atoms. The zero-order valence-corrected chi connectivity index (χ0v) is 12.2. The van der Waals surface area contributed by atoms with Crippen LogP contribution in [-0.2, 0) is 17.6 Å². The molecule has 0 atom stereocenters. The van der Waals surface area contributed by atoms with E-state index < -0.39 is 5.97 Å². The van der Waals surface area contributed by atoms with Gasteiger partial charge in [0.25, 0.3) is 0 Å². The van der Waals surface area contributed by atoms with Crippen molar-refractivity contribution in [2.75, 3.05) is 0 Å². The predicted molar refractivity (Wildman–Crippen MR) is 79.4 cm³/mol. The summed E-state index contributed by atoms with van der Waals surface area (Å²) in [7, 11) is 0. The Morgan fingerprint density at radius 2 is 1.58 bits per heavy atom. The van der Waals surface area contributed by atoms with Crippen LogP contribution in [0.2, 0.25) is 0 Å². The second kappa shape index (κ2) is 8.73. The smallest absolute Gasteiger partial charge is 0.303 e. The summed E-state index contributed by atoms with van der Waals surface area (Å²) < 4.78 is 0. The lowest BCUT2D eigenvalue weighted by molar-refractivity contribution is -0.137. The molecule has 0 bridgehead atoms. The quantitative estimate of drug-likeness (QED) is 0.667. The van der Waals surface area contributed by atoms with Crippen molar-refractivity contribution in [2.45, 2.75) is 58.8 Å². The fourth-order valence-electron chi connectivity index (χ4n) is 2.11. The molecule has 1 rings (SSSR count). The Morgan fingerprint density at radius 3 is 2.11 bits per heavy atom. The first-order chi connectivity index (χ1) is 9.08. The number of hydrogen-bond acceptors (Lipinski definition) is 1. The Kier molecular flexibility index (Phi) is 7.24. The van der Waals surface area contributed by atoms with E-state index in [9.17, 15) is 4.79 Å². The second-order valence-electron chi connectivity index (χ2n) is 5.70. The van der Waals surface area contributed by atoms with Crippen molar-refractivity contribution in [2.24, 2.45) is 5.92 Å². The SMILES string of the molecule is CC(C)CCc1ccc(CCCCCC(=O)O)cc1. The Morgan fingerprint density at radius 1 is 1.00 bits per heavy atom. The third kappa shape index (κ3) is 7.66. The van der Waals surface area contributed by atoms with Gasteiger partial charge >= 0.3 is 5.97 Å². The number of carboxylic acid groups (broad SMARTS) is 1. The maximum absolute atomic E-state index is 10.4. The number of aliphatic carboxylic acids is 1. The maximum atomic E-state index is 10.4. The molecule has 2 heteroatoms. The third-order valence-electron chi connectivity index (χ3n) is 3.39. The van der Waals surface area contributed by atoms with E-state index in [0.717, 1.165) is 38.0 Å². The van der Waals surface area contributed by atoms with Crippen molar-refractivity contribution in [3.63, 3.8) is 0 Å². The number of aryl methyl sites for hydroxylation is 2. The highest BCUT2D eigenvalue weighted by Gasteiger charge is 1.99. The van der Waals surface area contributed by atoms with Gasteiger partial charge in [-0.25, -0.2) is 0 Å². The number of benzene rings is 1. The average molecular weight is 262 g/mol. The first-order valence-corrected chi connectivity index (χ1v) is 7.37. The molecule has 0 aliphatic rings. The van der Waals surface area contributed by atoms with Crippen molar-refractivity contribution in [1.29, 1.82) is 0 Å². The monoisotopic (exact) mass is 262 g/mol. The van der Waals surface area contributed by atoms with Gasteiger partial charge in [0.15, 0.2) is 0 Å². The number of hydrogen-bond donors (Lipinski definition) is 1. The van der Waals surface area contributed by atoms with Crippen molar-refractivity contribution in [1.82, 2.24) is 0 Å². The molecule has 1 aromatic rings. The highest BCUT2D eigenvalue weighted by Crippen LogP contribution is 2.13. The molecule has 19 heavy (non-hydrogen) atoms. The minimum absolute atomic E-state index is 0.300. The molecule has 0 saturated heterocycles. The molecule has 0 aromatic heterocycles. The minimum Gasteiger partial charge on any atom is -0.481 e. The summed E-state index contributed by atoms with van der Waals surface area (Å²) in [6.07, 6.45) is 6.64. The number of carboxylic acids is 1. The average Bonchev–Trinajstić information content (AvgIpc) is 2.37. The van der Waals surface area contributed by atoms with E-state index >= 15 is 0 Å². The molecule has 0 heterocycles. The lowest BCUT2D eigenvalue weighted by Crippen LogP contribution is -1.95. The summed E-state index contributed by atoms with van der Waals surface area (Å²) in [4.78, 5) is 10.4. The molecule has 0 saturated carbocycles. The van der Waals surface area contributed by atoms with Gasteiger partial charge in [-0.15, -0.1) is 0 Å². The van der Waals surface area contributed by atoms with Crippen LogP contribution in [-0.4, -0.2) is 11.1 Å². The van der Waals surface area contributed by atoms with Gasteiger partial charge in [0, 0.05) is 6.42 Å². The van der Waals surface area contributed by atoms with Crippen LogP contribution in [0, 0.1) is 5.92 Å². The topological polar surface area (TPSA) is 37.3 Å². The van der Waals surface area contributed by atoms with Gasteiger partial charge in [-0.05, 0) is 49.1 Å². The van der Waals surface area contributed by atoms with Gasteiger partial charge in [0.2, 0.25) is 0 Å². The molecule has 0 radical (unpaired) electrons. The van der Waals surface area contributed by atoms with Crippen LogP contribution in [0.25, 0.3) is 0 Å². The van der Waals surface area contributed by atoms with E-state index in [-0.39, 0.29) is 0 Å². The molecule has 0 fully saturated rings. The van der Waals surface area contributed by atoms with Gasteiger partial charge in [-0.1, -0.05) is 44.5 Å². The van der Waals surface area contributed by atoms with Crippen molar-refractivity contribution < 1.29 is 9.90 Å². The second-order valence-corrected chi connectivity index (χ2v) is 5.70. The lowest BCUT2D eigenvalue weighted by atomic mass is 10.00. The summed E-state index contributed by atoms with van der Waals surface area (Å²) in [6, 6.07) is 8.89. The summed E-state index contributed by atoms with van der Waals surface area (Å²) in [5, 5.41) is 8.55. The predicted octanol–water partition coefficient (Wildman–Crippen LogP) is 4.46. The molecule has 1 N–H and O–H groups in total. The van der Waals surface area contributed by atoms with Crippen LogP contribution in [0.4, 0.5) is 0 Å². The van der Waals surface area contributed by atoms with E-state index in [1.165, 1.54) is 17.5 Å². The molecular weight excluding hydrogens is 236 g/mol. The Balaban J connectivity index is 2.22. The number of unbranched alkanes of at least 4 members (excludes halogenated alkanes) is 2. The van der Waals surface area contributed by atoms with Crippen LogP contribution in [0.5, 0.6) is 0 Å². The van der Waals surface area contributed by atoms with Crippen LogP contribution in [0.1, 0.15) is 57.1 Å². The van der Waals surface area contributed by atoms with Crippen molar-refractivity contribution >= 4 is 5.97 Å². The zero-order chi connectivity index (χ0) is 14.1. The third-order valence-corrected chi connectivity index (χ3v) is 3.39. The highest BCUT2D eigenvalue weighted by atomic mass is 16.4. The largest absolute Gasteiger partial charge is 0.481 e. The first-order valence-electron chi connectivity index (χ1n) is 7.37. The Hall–Kier alpha value is -1.31. The Bertz CT molecular complexity index is 365. The normalized spacial score (nSPS) is 10.9. The van der Waals surface area contributed by atoms with Gasteiger partial charge in [0.05, 0.1) is 0 Å². The molecular formula is C17H26O2. The van der Waals surface area contributed by atoms with E-state index in [1.807, 2.05) is 0 Å². The summed E-state index contributed by atoms with van der Waals surface area (Å²) >= 11 is 0. The standard InChI is InChI=1S/C17H26O2/c1-14(2)8-9-16-12-10-15(11-13-16)6-4-3-5-7-17(18)19/h10-14H,3-9H2,1-2H3,(H,18,19). The number of carbonyl (C=O) groups is 1. The molecule has 0 unspecified atom stereocenters. The van der Waals surface area contributed by atoms with E-state index in [1.54, 1.807) is 0 Å². The van der Waals surface area contributed by atoms with Crippen LogP contribution in [0.3, 0.4) is 0 Å². The molecule has 0 amide bonds. The number of rotatable bonds is 9. The molecule has 1 aromatic carbocycles. The van der Waals surface area contributed by atoms with E-state index in [0.29, 0.717) is 6.42 Å². The van der Waals surface area contributed by atoms with Crippen molar-refractivity contribution in [3.8, 4) is 0 Å². The van der Waals surface area contributed by atoms with Crippen LogP contribution < -0.4 is 0 Å². The van der Waals surface area contributed by atoms with E-state index in [4.69, 9.17) is 5.11 Å². The van der Waals surface area contributed by atoms with Gasteiger partial charge < -0.3 is 5.11 Å². The molecule has 2 nitrogen and oxygen atoms in total. The molecule has 106 valence electrons. The summed E-state index contributed by atoms with van der Waals surface area (Å²) in [6.45, 7) is 4.51. The van der Waals surface area contributed by atoms with Crippen molar-refractivity contribution in [3.05, 3.63) is 35.4 Å². The van der Waals surface area contributed by atoms with Gasteiger partial charge in [-0.2, -0.15) is 0 Å². The zero-order valence-electron chi connectivity index (χ0n) is 12.2. The van der Waals surface area contributed by atoms with Crippen LogP contribution in [0.15, 0.2) is 24.3 Å². The van der Waals surface area contributed by atoms with Crippen LogP contribution >= 0.6 is 0 Å². The van der Waals surface area contributed by atoms with E-state index in [2.05, 4.69) is 38.1 Å². The fourth-order valence-corrected chi connectivity index (χ4v) is 2.11. The Labute approximate surface area is 116 Å². The minimum atomic E-state index is -0.686. The maximum Gasteiger partial charge on any atom is 0.303 e. The van der Waals surface area contributed by atoms with Gasteiger partial charge in [-0.3, -0.25) is 4.79 Å².